The Morgan fingerprint density at radius 2 is 1.90 bits per heavy atom. The molecule has 4 nitrogen and oxygen atoms in total. The lowest BCUT2D eigenvalue weighted by atomic mass is 9.61. The van der Waals surface area contributed by atoms with Crippen molar-refractivity contribution in [2.24, 2.45) is 23.2 Å². The van der Waals surface area contributed by atoms with E-state index < -0.39 is 18.2 Å². The van der Waals surface area contributed by atoms with Gasteiger partial charge in [0.2, 0.25) is 0 Å². The number of aliphatic hydroxyl groups is 2. The van der Waals surface area contributed by atoms with Crippen LogP contribution in [0.5, 0.6) is 0 Å². The highest BCUT2D eigenvalue weighted by Gasteiger charge is 2.46. The van der Waals surface area contributed by atoms with Crippen molar-refractivity contribution in [3.05, 3.63) is 12.2 Å². The number of carboxylic acids is 1. The van der Waals surface area contributed by atoms with E-state index in [9.17, 15) is 19.4 Å². The number of aliphatic hydroxyl groups excluding tert-OH is 2. The smallest absolute Gasteiger partial charge is 0.303 e. The van der Waals surface area contributed by atoms with Crippen molar-refractivity contribution in [2.45, 2.75) is 108 Å². The van der Waals surface area contributed by atoms with Crippen LogP contribution in [0.2, 0.25) is 0 Å². The number of alkyl halides is 1. The van der Waals surface area contributed by atoms with Crippen molar-refractivity contribution in [2.75, 3.05) is 0 Å². The zero-order valence-corrected chi connectivity index (χ0v) is 17.6. The molecule has 0 aromatic heterocycles. The number of carboxylic acid groups (broad SMARTS) is 1. The highest BCUT2D eigenvalue weighted by atomic mass is 19.1. The Balaban J connectivity index is 1.43. The van der Waals surface area contributed by atoms with E-state index in [0.29, 0.717) is 12.8 Å². The molecule has 0 aliphatic heterocycles. The fraction of sp³-hybridized carbons (Fsp3) is 0.875. The fourth-order valence-electron chi connectivity index (χ4n) is 5.56. The van der Waals surface area contributed by atoms with Gasteiger partial charge in [-0.1, -0.05) is 50.7 Å². The highest BCUT2D eigenvalue weighted by molar-refractivity contribution is 5.66. The Labute approximate surface area is 174 Å². The third-order valence-electron chi connectivity index (χ3n) is 7.71. The first-order valence-electron chi connectivity index (χ1n) is 11.8. The topological polar surface area (TPSA) is 77.8 Å². The van der Waals surface area contributed by atoms with Crippen LogP contribution >= 0.6 is 0 Å². The van der Waals surface area contributed by atoms with Crippen LogP contribution in [0.15, 0.2) is 12.2 Å². The molecule has 3 rings (SSSR count). The van der Waals surface area contributed by atoms with E-state index in [1.807, 2.05) is 12.2 Å². The number of hydrogen-bond donors (Lipinski definition) is 3. The predicted molar refractivity (Wildman–Crippen MR) is 111 cm³/mol. The summed E-state index contributed by atoms with van der Waals surface area (Å²) >= 11 is 0. The molecular formula is C24H39FO4. The van der Waals surface area contributed by atoms with Gasteiger partial charge in [0.15, 0.2) is 0 Å². The molecule has 0 amide bonds. The molecule has 1 unspecified atom stereocenters. The molecule has 3 N–H and O–H groups in total. The number of carbonyl (C=O) groups is 1. The summed E-state index contributed by atoms with van der Waals surface area (Å²) in [4.78, 5) is 10.5. The van der Waals surface area contributed by atoms with Crippen LogP contribution in [-0.4, -0.2) is 39.7 Å². The van der Waals surface area contributed by atoms with Crippen molar-refractivity contribution in [3.8, 4) is 0 Å². The maximum Gasteiger partial charge on any atom is 0.303 e. The quantitative estimate of drug-likeness (QED) is 0.294. The van der Waals surface area contributed by atoms with E-state index in [0.717, 1.165) is 50.9 Å². The summed E-state index contributed by atoms with van der Waals surface area (Å²) in [5, 5.41) is 29.8. The second-order valence-corrected chi connectivity index (χ2v) is 9.95. The largest absolute Gasteiger partial charge is 0.481 e. The van der Waals surface area contributed by atoms with Crippen LogP contribution in [0.4, 0.5) is 4.39 Å². The van der Waals surface area contributed by atoms with Gasteiger partial charge in [-0.25, -0.2) is 4.39 Å². The molecule has 0 radical (unpaired) electrons. The lowest BCUT2D eigenvalue weighted by Crippen LogP contribution is -2.41. The van der Waals surface area contributed by atoms with Crippen molar-refractivity contribution in [3.63, 3.8) is 0 Å². The molecular weight excluding hydrogens is 371 g/mol. The molecule has 3 aliphatic rings. The SMILES string of the molecule is O=C(O)CCCCCC[C@@H]1[C@@H](/C=C/CC(O)C2(CC3CC3)CCC2)[C@H](O)C[C@H]1F. The lowest BCUT2D eigenvalue weighted by molar-refractivity contribution is -0.137. The van der Waals surface area contributed by atoms with E-state index in [2.05, 4.69) is 0 Å². The monoisotopic (exact) mass is 410 g/mol. The molecule has 0 bridgehead atoms. The molecule has 0 aromatic rings. The van der Waals surface area contributed by atoms with Crippen molar-refractivity contribution in [1.29, 1.82) is 0 Å². The number of aliphatic carboxylic acids is 1. The molecule has 0 aromatic carbocycles. The second-order valence-electron chi connectivity index (χ2n) is 9.95. The number of unbranched alkanes of at least 4 members (excludes halogenated alkanes) is 3. The van der Waals surface area contributed by atoms with E-state index >= 15 is 0 Å². The lowest BCUT2D eigenvalue weighted by Gasteiger charge is -2.46. The van der Waals surface area contributed by atoms with E-state index in [1.54, 1.807) is 0 Å². The van der Waals surface area contributed by atoms with Crippen molar-refractivity contribution < 1.29 is 24.5 Å². The fourth-order valence-corrected chi connectivity index (χ4v) is 5.56. The van der Waals surface area contributed by atoms with Gasteiger partial charge < -0.3 is 15.3 Å². The zero-order chi connectivity index (χ0) is 20.9. The number of halogens is 1. The minimum absolute atomic E-state index is 0.109. The molecule has 3 saturated carbocycles. The third kappa shape index (κ3) is 6.27. The van der Waals surface area contributed by atoms with Gasteiger partial charge in [0.1, 0.15) is 6.17 Å². The van der Waals surface area contributed by atoms with Gasteiger partial charge in [-0.15, -0.1) is 0 Å². The van der Waals surface area contributed by atoms with Crippen LogP contribution in [-0.2, 0) is 4.79 Å². The van der Waals surface area contributed by atoms with Gasteiger partial charge in [-0.2, -0.15) is 0 Å². The first-order valence-corrected chi connectivity index (χ1v) is 11.8. The van der Waals surface area contributed by atoms with Crippen LogP contribution < -0.4 is 0 Å². The van der Waals surface area contributed by atoms with Gasteiger partial charge in [0.05, 0.1) is 12.2 Å². The Bertz CT molecular complexity index is 555. The van der Waals surface area contributed by atoms with Gasteiger partial charge >= 0.3 is 5.97 Å². The summed E-state index contributed by atoms with van der Waals surface area (Å²) < 4.78 is 14.4. The van der Waals surface area contributed by atoms with Gasteiger partial charge in [-0.3, -0.25) is 4.79 Å². The Morgan fingerprint density at radius 1 is 1.17 bits per heavy atom. The minimum atomic E-state index is -0.976. The molecule has 29 heavy (non-hydrogen) atoms. The standard InChI is InChI=1S/C24H39FO4/c25-20-15-21(26)19(18(20)7-3-1-2-4-10-23(28)29)8-5-9-22(27)24(13-6-14-24)16-17-11-12-17/h5,8,17-22,26-27H,1-4,6-7,9-16H2,(H,28,29)/b8-5+/t18-,19-,20-,21-,22?/m1/s1. The molecule has 166 valence electrons. The van der Waals surface area contributed by atoms with Crippen LogP contribution in [0.1, 0.15) is 89.9 Å². The molecule has 5 atom stereocenters. The van der Waals surface area contributed by atoms with Crippen molar-refractivity contribution >= 4 is 5.97 Å². The highest BCUT2D eigenvalue weighted by Crippen LogP contribution is 2.53. The summed E-state index contributed by atoms with van der Waals surface area (Å²) in [5.74, 6) is -0.280. The van der Waals surface area contributed by atoms with E-state index in [4.69, 9.17) is 5.11 Å². The Morgan fingerprint density at radius 3 is 2.52 bits per heavy atom. The summed E-state index contributed by atoms with van der Waals surface area (Å²) in [6, 6.07) is 0. The maximum absolute atomic E-state index is 14.4. The maximum atomic E-state index is 14.4. The first kappa shape index (κ1) is 22.7. The predicted octanol–water partition coefficient (Wildman–Crippen LogP) is 5.02. The molecule has 0 spiro atoms. The molecule has 0 saturated heterocycles. The van der Waals surface area contributed by atoms with Gasteiger partial charge in [-0.05, 0) is 55.8 Å². The average molecular weight is 411 g/mol. The summed E-state index contributed by atoms with van der Waals surface area (Å²) in [7, 11) is 0. The zero-order valence-electron chi connectivity index (χ0n) is 17.6. The molecule has 3 fully saturated rings. The van der Waals surface area contributed by atoms with Crippen LogP contribution in [0, 0.1) is 23.2 Å². The summed E-state index contributed by atoms with van der Waals surface area (Å²) in [6.07, 6.45) is 14.3. The second kappa shape index (κ2) is 10.4. The molecule has 5 heteroatoms. The third-order valence-corrected chi connectivity index (χ3v) is 7.71. The van der Waals surface area contributed by atoms with Gasteiger partial charge in [0, 0.05) is 18.8 Å². The molecule has 0 heterocycles. The summed E-state index contributed by atoms with van der Waals surface area (Å²) in [5.41, 5.74) is 0.109. The van der Waals surface area contributed by atoms with Crippen molar-refractivity contribution in [1.82, 2.24) is 0 Å². The normalized spacial score (nSPS) is 32.4. The summed E-state index contributed by atoms with van der Waals surface area (Å²) in [6.45, 7) is 0. The first-order chi connectivity index (χ1) is 13.9. The van der Waals surface area contributed by atoms with Crippen LogP contribution in [0.25, 0.3) is 0 Å². The average Bonchev–Trinajstić information content (AvgIpc) is 3.41. The van der Waals surface area contributed by atoms with Gasteiger partial charge in [0.25, 0.3) is 0 Å². The molecule has 3 aliphatic carbocycles. The minimum Gasteiger partial charge on any atom is -0.481 e. The Hall–Kier alpha value is -0.940. The Kier molecular flexibility index (Phi) is 8.15. The van der Waals surface area contributed by atoms with Crippen LogP contribution in [0.3, 0.4) is 0 Å². The van der Waals surface area contributed by atoms with E-state index in [-0.39, 0.29) is 36.2 Å². The van der Waals surface area contributed by atoms with E-state index in [1.165, 1.54) is 19.3 Å². The number of hydrogen-bond acceptors (Lipinski definition) is 3. The number of rotatable bonds is 13.